The molecule has 1 aliphatic heterocycles. The first-order valence-electron chi connectivity index (χ1n) is 6.94. The Morgan fingerprint density at radius 1 is 1.55 bits per heavy atom. The first-order chi connectivity index (χ1) is 9.31. The molecule has 1 aromatic heterocycles. The van der Waals surface area contributed by atoms with E-state index in [0.717, 1.165) is 5.69 Å². The van der Waals surface area contributed by atoms with Crippen LogP contribution in [0.15, 0.2) is 25.2 Å². The van der Waals surface area contributed by atoms with E-state index in [1.807, 2.05) is 39.4 Å². The minimum Gasteiger partial charge on any atom is -0.444 e. The monoisotopic (exact) mass is 277 g/mol. The normalized spacial score (nSPS) is 17.5. The highest BCUT2D eigenvalue weighted by molar-refractivity contribution is 5.69. The molecule has 0 N–H and O–H groups in total. The number of imidazole rings is 1. The lowest BCUT2D eigenvalue weighted by Gasteiger charge is -2.40. The van der Waals surface area contributed by atoms with E-state index in [4.69, 9.17) is 4.74 Å². The van der Waals surface area contributed by atoms with Gasteiger partial charge in [0.15, 0.2) is 0 Å². The second-order valence-electron chi connectivity index (χ2n) is 6.28. The lowest BCUT2D eigenvalue weighted by molar-refractivity contribution is 0.00756. The fraction of sp³-hybridized carbons (Fsp3) is 0.600. The second-order valence-corrected chi connectivity index (χ2v) is 6.28. The van der Waals surface area contributed by atoms with Crippen LogP contribution in [0.2, 0.25) is 0 Å². The van der Waals surface area contributed by atoms with Gasteiger partial charge in [0.25, 0.3) is 0 Å². The highest BCUT2D eigenvalue weighted by Crippen LogP contribution is 2.29. The molecule has 5 heteroatoms. The molecular weight excluding hydrogens is 254 g/mol. The van der Waals surface area contributed by atoms with Crippen LogP contribution in [0.5, 0.6) is 0 Å². The first-order valence-corrected chi connectivity index (χ1v) is 6.94. The van der Waals surface area contributed by atoms with Gasteiger partial charge in [-0.15, -0.1) is 6.58 Å². The summed E-state index contributed by atoms with van der Waals surface area (Å²) in [6, 6.07) is 0.211. The van der Waals surface area contributed by atoms with Gasteiger partial charge in [-0.05, 0) is 27.7 Å². The zero-order chi connectivity index (χ0) is 14.9. The number of ether oxygens (including phenoxy) is 1. The Morgan fingerprint density at radius 3 is 2.75 bits per heavy atom. The number of hydrogen-bond donors (Lipinski definition) is 0. The van der Waals surface area contributed by atoms with Crippen molar-refractivity contribution >= 4 is 6.09 Å². The number of aromatic nitrogens is 2. The molecule has 0 bridgehead atoms. The molecule has 1 aliphatic rings. The van der Waals surface area contributed by atoms with E-state index in [1.165, 1.54) is 0 Å². The van der Waals surface area contributed by atoms with Crippen molar-refractivity contribution in [2.75, 3.05) is 13.1 Å². The number of rotatable bonds is 3. The van der Waals surface area contributed by atoms with E-state index in [0.29, 0.717) is 19.0 Å². The third-order valence-corrected chi connectivity index (χ3v) is 3.43. The number of carbonyl (C=O) groups is 1. The zero-order valence-corrected chi connectivity index (χ0v) is 12.7. The standard InChI is InChI=1S/C15H23N3O2/c1-6-11(2)18-10-16-7-13(18)12-8-17(9-12)14(19)20-15(3,4)5/h6-7,10-12H,1,8-9H2,2-5H3. The third-order valence-electron chi connectivity index (χ3n) is 3.43. The van der Waals surface area contributed by atoms with Crippen LogP contribution in [0.3, 0.4) is 0 Å². The molecule has 0 aromatic carbocycles. The van der Waals surface area contributed by atoms with Crippen LogP contribution >= 0.6 is 0 Å². The van der Waals surface area contributed by atoms with Gasteiger partial charge in [-0.25, -0.2) is 9.78 Å². The third kappa shape index (κ3) is 3.03. The van der Waals surface area contributed by atoms with Crippen LogP contribution in [0.25, 0.3) is 0 Å². The molecule has 0 aliphatic carbocycles. The summed E-state index contributed by atoms with van der Waals surface area (Å²) in [4.78, 5) is 17.8. The molecule has 0 spiro atoms. The van der Waals surface area contributed by atoms with Crippen molar-refractivity contribution < 1.29 is 9.53 Å². The molecular formula is C15H23N3O2. The van der Waals surface area contributed by atoms with Gasteiger partial charge in [-0.1, -0.05) is 6.08 Å². The Morgan fingerprint density at radius 2 is 2.20 bits per heavy atom. The predicted molar refractivity (Wildman–Crippen MR) is 77.7 cm³/mol. The summed E-state index contributed by atoms with van der Waals surface area (Å²) in [5.41, 5.74) is 0.707. The molecule has 1 amide bonds. The zero-order valence-electron chi connectivity index (χ0n) is 12.7. The molecule has 1 aromatic rings. The minimum absolute atomic E-state index is 0.211. The van der Waals surface area contributed by atoms with Crippen molar-refractivity contribution in [3.63, 3.8) is 0 Å². The van der Waals surface area contributed by atoms with Gasteiger partial charge in [-0.2, -0.15) is 0 Å². The SMILES string of the molecule is C=CC(C)n1cncc1C1CN(C(=O)OC(C)(C)C)C1. The maximum Gasteiger partial charge on any atom is 0.410 e. The Labute approximate surface area is 120 Å². The van der Waals surface area contributed by atoms with E-state index in [1.54, 1.807) is 4.90 Å². The Bertz CT molecular complexity index is 495. The molecule has 1 atom stereocenters. The fourth-order valence-electron chi connectivity index (χ4n) is 2.23. The van der Waals surface area contributed by atoms with Gasteiger partial charge >= 0.3 is 6.09 Å². The number of likely N-dealkylation sites (tertiary alicyclic amines) is 1. The summed E-state index contributed by atoms with van der Waals surface area (Å²) < 4.78 is 7.46. The molecule has 110 valence electrons. The first kappa shape index (κ1) is 14.6. The minimum atomic E-state index is -0.443. The summed E-state index contributed by atoms with van der Waals surface area (Å²) in [5, 5.41) is 0. The molecule has 0 saturated carbocycles. The van der Waals surface area contributed by atoms with Gasteiger partial charge in [0, 0.05) is 36.9 Å². The van der Waals surface area contributed by atoms with E-state index in [9.17, 15) is 4.79 Å². The van der Waals surface area contributed by atoms with Crippen LogP contribution in [0.1, 0.15) is 45.3 Å². The maximum atomic E-state index is 11.9. The predicted octanol–water partition coefficient (Wildman–Crippen LogP) is 2.96. The molecule has 5 nitrogen and oxygen atoms in total. The molecule has 20 heavy (non-hydrogen) atoms. The summed E-state index contributed by atoms with van der Waals surface area (Å²) in [5.74, 6) is 0.326. The fourth-order valence-corrected chi connectivity index (χ4v) is 2.23. The topological polar surface area (TPSA) is 47.4 Å². The van der Waals surface area contributed by atoms with E-state index in [-0.39, 0.29) is 12.1 Å². The molecule has 2 heterocycles. The quantitative estimate of drug-likeness (QED) is 0.798. The van der Waals surface area contributed by atoms with Crippen molar-refractivity contribution in [3.05, 3.63) is 30.9 Å². The highest BCUT2D eigenvalue weighted by Gasteiger charge is 2.36. The van der Waals surface area contributed by atoms with E-state index >= 15 is 0 Å². The smallest absolute Gasteiger partial charge is 0.410 e. The van der Waals surface area contributed by atoms with Crippen LogP contribution < -0.4 is 0 Å². The van der Waals surface area contributed by atoms with Crippen LogP contribution in [-0.2, 0) is 4.74 Å². The van der Waals surface area contributed by atoms with Gasteiger partial charge in [0.05, 0.1) is 6.33 Å². The molecule has 1 fully saturated rings. The molecule has 1 unspecified atom stereocenters. The summed E-state index contributed by atoms with van der Waals surface area (Å²) in [6.07, 6.45) is 5.33. The number of hydrogen-bond acceptors (Lipinski definition) is 3. The molecule has 2 rings (SSSR count). The lowest BCUT2D eigenvalue weighted by Crippen LogP contribution is -2.50. The number of nitrogens with zero attached hydrogens (tertiary/aromatic N) is 3. The van der Waals surface area contributed by atoms with Crippen LogP contribution in [0, 0.1) is 0 Å². The number of carbonyl (C=O) groups excluding carboxylic acids is 1. The highest BCUT2D eigenvalue weighted by atomic mass is 16.6. The summed E-state index contributed by atoms with van der Waals surface area (Å²) >= 11 is 0. The average molecular weight is 277 g/mol. The lowest BCUT2D eigenvalue weighted by atomic mass is 9.97. The van der Waals surface area contributed by atoms with Crippen LogP contribution in [-0.4, -0.2) is 39.2 Å². The number of allylic oxidation sites excluding steroid dienone is 1. The van der Waals surface area contributed by atoms with Crippen molar-refractivity contribution in [2.24, 2.45) is 0 Å². The Kier molecular flexibility index (Phi) is 3.88. The Hall–Kier alpha value is -1.78. The van der Waals surface area contributed by atoms with Crippen molar-refractivity contribution in [1.29, 1.82) is 0 Å². The second kappa shape index (κ2) is 5.31. The van der Waals surface area contributed by atoms with E-state index in [2.05, 4.69) is 23.1 Å². The summed E-state index contributed by atoms with van der Waals surface area (Å²) in [6.45, 7) is 12.9. The van der Waals surface area contributed by atoms with Gasteiger partial charge < -0.3 is 14.2 Å². The Balaban J connectivity index is 1.95. The molecule has 0 radical (unpaired) electrons. The maximum absolute atomic E-state index is 11.9. The average Bonchev–Trinajstić information content (AvgIpc) is 2.72. The largest absolute Gasteiger partial charge is 0.444 e. The van der Waals surface area contributed by atoms with Crippen molar-refractivity contribution in [3.8, 4) is 0 Å². The number of amides is 1. The van der Waals surface area contributed by atoms with Gasteiger partial charge in [0.1, 0.15) is 5.60 Å². The van der Waals surface area contributed by atoms with E-state index < -0.39 is 5.60 Å². The van der Waals surface area contributed by atoms with Crippen molar-refractivity contribution in [1.82, 2.24) is 14.5 Å². The van der Waals surface area contributed by atoms with Crippen LogP contribution in [0.4, 0.5) is 4.79 Å². The van der Waals surface area contributed by atoms with Gasteiger partial charge in [-0.3, -0.25) is 0 Å². The van der Waals surface area contributed by atoms with Gasteiger partial charge in [0.2, 0.25) is 0 Å². The summed E-state index contributed by atoms with van der Waals surface area (Å²) in [7, 11) is 0. The van der Waals surface area contributed by atoms with Crippen molar-refractivity contribution in [2.45, 2.75) is 45.3 Å². The molecule has 1 saturated heterocycles.